The monoisotopic (exact) mass is 228 g/mol. The van der Waals surface area contributed by atoms with Gasteiger partial charge in [-0.25, -0.2) is 9.78 Å². The van der Waals surface area contributed by atoms with Gasteiger partial charge in [0.1, 0.15) is 11.8 Å². The van der Waals surface area contributed by atoms with Gasteiger partial charge in [0.05, 0.1) is 6.54 Å². The van der Waals surface area contributed by atoms with E-state index in [0.29, 0.717) is 5.56 Å². The van der Waals surface area contributed by atoms with Crippen molar-refractivity contribution in [2.45, 2.75) is 6.54 Å². The van der Waals surface area contributed by atoms with Gasteiger partial charge in [0.25, 0.3) is 5.56 Å². The molecule has 84 valence electrons. The highest BCUT2D eigenvalue weighted by atomic mass is 16.2. The number of hydrogen-bond donors (Lipinski definition) is 1. The number of aromatic nitrogens is 3. The molecule has 0 saturated heterocycles. The molecule has 0 unspecified atom stereocenters. The zero-order valence-corrected chi connectivity index (χ0v) is 8.75. The van der Waals surface area contributed by atoms with Gasteiger partial charge in [-0.3, -0.25) is 9.36 Å². The molecule has 0 saturated carbocycles. The van der Waals surface area contributed by atoms with Crippen LogP contribution in [0.15, 0.2) is 40.2 Å². The third kappa shape index (κ3) is 2.29. The molecule has 2 heterocycles. The Labute approximate surface area is 95.8 Å². The second-order valence-electron chi connectivity index (χ2n) is 3.37. The minimum Gasteiger partial charge on any atom is -0.314 e. The summed E-state index contributed by atoms with van der Waals surface area (Å²) in [5, 5.41) is 8.69. The summed E-state index contributed by atoms with van der Waals surface area (Å²) in [7, 11) is 0. The van der Waals surface area contributed by atoms with Crippen molar-refractivity contribution in [3.05, 3.63) is 62.7 Å². The van der Waals surface area contributed by atoms with Crippen LogP contribution in [0.2, 0.25) is 0 Å². The first-order valence-corrected chi connectivity index (χ1v) is 4.84. The lowest BCUT2D eigenvalue weighted by Crippen LogP contribution is -2.34. The summed E-state index contributed by atoms with van der Waals surface area (Å²) in [4.78, 5) is 29.1. The Balaban J connectivity index is 2.42. The average molecular weight is 228 g/mol. The number of hydrogen-bond acceptors (Lipinski definition) is 4. The SMILES string of the molecule is N#Cc1cc(Cn2c(=O)cc[nH]c2=O)ccn1. The lowest BCUT2D eigenvalue weighted by molar-refractivity contribution is 0.698. The van der Waals surface area contributed by atoms with E-state index in [2.05, 4.69) is 9.97 Å². The van der Waals surface area contributed by atoms with Crippen molar-refractivity contribution in [3.63, 3.8) is 0 Å². The highest BCUT2D eigenvalue weighted by Crippen LogP contribution is 2.01. The summed E-state index contributed by atoms with van der Waals surface area (Å²) in [6.07, 6.45) is 2.77. The zero-order valence-electron chi connectivity index (χ0n) is 8.75. The van der Waals surface area contributed by atoms with Gasteiger partial charge in [0.15, 0.2) is 0 Å². The van der Waals surface area contributed by atoms with E-state index in [9.17, 15) is 9.59 Å². The van der Waals surface area contributed by atoms with Crippen molar-refractivity contribution >= 4 is 0 Å². The molecule has 2 aromatic rings. The van der Waals surface area contributed by atoms with E-state index in [1.54, 1.807) is 12.1 Å². The third-order valence-corrected chi connectivity index (χ3v) is 2.22. The van der Waals surface area contributed by atoms with Crippen LogP contribution in [0.3, 0.4) is 0 Å². The normalized spacial score (nSPS) is 9.82. The Morgan fingerprint density at radius 2 is 2.24 bits per heavy atom. The van der Waals surface area contributed by atoms with Gasteiger partial charge >= 0.3 is 5.69 Å². The van der Waals surface area contributed by atoms with Gasteiger partial charge in [-0.15, -0.1) is 0 Å². The predicted octanol–water partition coefficient (Wildman–Crippen LogP) is -0.148. The van der Waals surface area contributed by atoms with Crippen LogP contribution < -0.4 is 11.2 Å². The first kappa shape index (κ1) is 10.8. The smallest absolute Gasteiger partial charge is 0.314 e. The largest absolute Gasteiger partial charge is 0.328 e. The third-order valence-electron chi connectivity index (χ3n) is 2.22. The fraction of sp³-hybridized carbons (Fsp3) is 0.0909. The molecule has 0 aromatic carbocycles. The minimum absolute atomic E-state index is 0.117. The van der Waals surface area contributed by atoms with Crippen LogP contribution in [0.25, 0.3) is 0 Å². The summed E-state index contributed by atoms with van der Waals surface area (Å²) >= 11 is 0. The van der Waals surface area contributed by atoms with Gasteiger partial charge < -0.3 is 4.98 Å². The van der Waals surface area contributed by atoms with Crippen molar-refractivity contribution < 1.29 is 0 Å². The van der Waals surface area contributed by atoms with E-state index in [-0.39, 0.29) is 17.8 Å². The number of nitrogens with zero attached hydrogens (tertiary/aromatic N) is 3. The highest BCUT2D eigenvalue weighted by Gasteiger charge is 2.02. The topological polar surface area (TPSA) is 91.5 Å². The molecule has 0 spiro atoms. The molecule has 0 fully saturated rings. The summed E-state index contributed by atoms with van der Waals surface area (Å²) in [5.74, 6) is 0. The molecule has 0 radical (unpaired) electrons. The number of rotatable bonds is 2. The maximum atomic E-state index is 11.5. The number of pyridine rings is 1. The van der Waals surface area contributed by atoms with E-state index in [4.69, 9.17) is 5.26 Å². The highest BCUT2D eigenvalue weighted by molar-refractivity contribution is 5.25. The van der Waals surface area contributed by atoms with Gasteiger partial charge in [-0.05, 0) is 17.7 Å². The Kier molecular flexibility index (Phi) is 2.83. The fourth-order valence-corrected chi connectivity index (χ4v) is 1.42. The number of nitriles is 1. The van der Waals surface area contributed by atoms with Crippen LogP contribution >= 0.6 is 0 Å². The standard InChI is InChI=1S/C11H8N4O2/c12-6-9-5-8(1-3-13-9)7-15-10(16)2-4-14-11(15)17/h1-5H,7H2,(H,14,17). The molecule has 0 aliphatic carbocycles. The lowest BCUT2D eigenvalue weighted by atomic mass is 10.2. The summed E-state index contributed by atoms with van der Waals surface area (Å²) in [6.45, 7) is 0.117. The minimum atomic E-state index is -0.479. The van der Waals surface area contributed by atoms with E-state index in [0.717, 1.165) is 4.57 Å². The Morgan fingerprint density at radius 1 is 1.41 bits per heavy atom. The van der Waals surface area contributed by atoms with Gasteiger partial charge in [0.2, 0.25) is 0 Å². The van der Waals surface area contributed by atoms with E-state index in [1.165, 1.54) is 18.5 Å². The fourth-order valence-electron chi connectivity index (χ4n) is 1.42. The van der Waals surface area contributed by atoms with Gasteiger partial charge in [-0.1, -0.05) is 0 Å². The van der Waals surface area contributed by atoms with Gasteiger partial charge in [-0.2, -0.15) is 5.26 Å². The van der Waals surface area contributed by atoms with E-state index < -0.39 is 5.69 Å². The zero-order chi connectivity index (χ0) is 12.3. The quantitative estimate of drug-likeness (QED) is 0.773. The van der Waals surface area contributed by atoms with Crippen molar-refractivity contribution in [2.24, 2.45) is 0 Å². The first-order valence-electron chi connectivity index (χ1n) is 4.84. The molecule has 6 nitrogen and oxygen atoms in total. The Morgan fingerprint density at radius 3 is 2.94 bits per heavy atom. The van der Waals surface area contributed by atoms with Crippen molar-refractivity contribution in [2.75, 3.05) is 0 Å². The summed E-state index contributed by atoms with van der Waals surface area (Å²) in [5.41, 5.74) is 0.0650. The molecule has 2 aromatic heterocycles. The molecule has 0 amide bonds. The number of H-pyrrole nitrogens is 1. The van der Waals surface area contributed by atoms with Crippen LogP contribution in [0.5, 0.6) is 0 Å². The summed E-state index contributed by atoms with van der Waals surface area (Å²) < 4.78 is 1.05. The molecule has 0 atom stereocenters. The van der Waals surface area contributed by atoms with Crippen LogP contribution in [0.4, 0.5) is 0 Å². The maximum Gasteiger partial charge on any atom is 0.328 e. The Hall–Kier alpha value is -2.68. The predicted molar refractivity (Wildman–Crippen MR) is 59.4 cm³/mol. The molecule has 6 heteroatoms. The maximum absolute atomic E-state index is 11.5. The second kappa shape index (κ2) is 4.45. The molecule has 1 N–H and O–H groups in total. The van der Waals surface area contributed by atoms with Crippen LogP contribution in [-0.4, -0.2) is 14.5 Å². The van der Waals surface area contributed by atoms with Crippen LogP contribution in [0.1, 0.15) is 11.3 Å². The molecular formula is C11H8N4O2. The number of nitrogens with one attached hydrogen (secondary N) is 1. The van der Waals surface area contributed by atoms with E-state index in [1.807, 2.05) is 6.07 Å². The summed E-state index contributed by atoms with van der Waals surface area (Å²) in [6, 6.07) is 6.36. The average Bonchev–Trinajstić information content (AvgIpc) is 2.34. The number of aromatic amines is 1. The van der Waals surface area contributed by atoms with Crippen LogP contribution in [-0.2, 0) is 6.54 Å². The first-order chi connectivity index (χ1) is 8.20. The van der Waals surface area contributed by atoms with E-state index >= 15 is 0 Å². The molecule has 0 bridgehead atoms. The Bertz CT molecular complexity index is 665. The molecule has 2 rings (SSSR count). The van der Waals surface area contributed by atoms with Crippen molar-refractivity contribution in [3.8, 4) is 6.07 Å². The van der Waals surface area contributed by atoms with Crippen molar-refractivity contribution in [1.29, 1.82) is 5.26 Å². The van der Waals surface area contributed by atoms with Crippen molar-refractivity contribution in [1.82, 2.24) is 14.5 Å². The molecule has 0 aliphatic rings. The molecule has 17 heavy (non-hydrogen) atoms. The lowest BCUT2D eigenvalue weighted by Gasteiger charge is -2.03. The second-order valence-corrected chi connectivity index (χ2v) is 3.37. The van der Waals surface area contributed by atoms with Crippen LogP contribution in [0, 0.1) is 11.3 Å². The molecular weight excluding hydrogens is 220 g/mol. The van der Waals surface area contributed by atoms with Gasteiger partial charge in [0, 0.05) is 18.5 Å². The molecule has 0 aliphatic heterocycles.